The minimum absolute atomic E-state index is 0.00908. The summed E-state index contributed by atoms with van der Waals surface area (Å²) in [6, 6.07) is 1.74. The number of carbonyl (C=O) groups is 2. The van der Waals surface area contributed by atoms with E-state index in [-0.39, 0.29) is 17.3 Å². The fourth-order valence-electron chi connectivity index (χ4n) is 1.80. The molecule has 0 unspecified atom stereocenters. The lowest BCUT2D eigenvalue weighted by molar-refractivity contribution is -0.119. The van der Waals surface area contributed by atoms with Crippen LogP contribution >= 0.6 is 11.8 Å². The Morgan fingerprint density at radius 1 is 1.45 bits per heavy atom. The number of anilines is 1. The quantitative estimate of drug-likeness (QED) is 0.612. The average Bonchev–Trinajstić information content (AvgIpc) is 2.74. The Labute approximate surface area is 122 Å². The summed E-state index contributed by atoms with van der Waals surface area (Å²) in [6.45, 7) is 3.03. The standard InChI is InChI=1S/C14H17N3O2S/c1-3-4-7-17(2)14-15-6-5-10(16-14)8-12-11(18)9-13(19)20-12/h5-6,8H,3-4,7,9H2,1-2H3/b12-8-. The number of ketones is 1. The third kappa shape index (κ3) is 3.66. The molecule has 0 N–H and O–H groups in total. The predicted molar refractivity (Wildman–Crippen MR) is 80.4 cm³/mol. The smallest absolute Gasteiger partial charge is 0.225 e. The topological polar surface area (TPSA) is 63.2 Å². The fraction of sp³-hybridized carbons (Fsp3) is 0.429. The van der Waals surface area contributed by atoms with Crippen molar-refractivity contribution in [1.29, 1.82) is 0 Å². The van der Waals surface area contributed by atoms with Crippen molar-refractivity contribution in [2.75, 3.05) is 18.5 Å². The van der Waals surface area contributed by atoms with Crippen molar-refractivity contribution >= 4 is 34.7 Å². The van der Waals surface area contributed by atoms with Crippen LogP contribution in [0.2, 0.25) is 0 Å². The molecule has 20 heavy (non-hydrogen) atoms. The molecule has 1 saturated heterocycles. The van der Waals surface area contributed by atoms with Gasteiger partial charge in [0.15, 0.2) is 5.78 Å². The van der Waals surface area contributed by atoms with E-state index in [1.54, 1.807) is 18.3 Å². The van der Waals surface area contributed by atoms with Crippen molar-refractivity contribution in [3.05, 3.63) is 22.9 Å². The zero-order valence-electron chi connectivity index (χ0n) is 11.6. The molecule has 1 fully saturated rings. The molecule has 0 radical (unpaired) electrons. The third-order valence-corrected chi connectivity index (χ3v) is 3.87. The van der Waals surface area contributed by atoms with Crippen molar-refractivity contribution in [3.63, 3.8) is 0 Å². The summed E-state index contributed by atoms with van der Waals surface area (Å²) in [5, 5.41) is -0.101. The number of rotatable bonds is 5. The molecule has 1 aromatic rings. The Kier molecular flexibility index (Phi) is 4.89. The van der Waals surface area contributed by atoms with E-state index < -0.39 is 0 Å². The van der Waals surface area contributed by atoms with E-state index in [2.05, 4.69) is 16.9 Å². The van der Waals surface area contributed by atoms with Gasteiger partial charge in [-0.15, -0.1) is 0 Å². The average molecular weight is 291 g/mol. The molecule has 1 aliphatic heterocycles. The molecule has 0 aromatic carbocycles. The van der Waals surface area contributed by atoms with Crippen LogP contribution in [0.4, 0.5) is 5.95 Å². The maximum absolute atomic E-state index is 11.6. The minimum Gasteiger partial charge on any atom is -0.344 e. The van der Waals surface area contributed by atoms with Crippen LogP contribution in [-0.2, 0) is 9.59 Å². The highest BCUT2D eigenvalue weighted by atomic mass is 32.2. The first-order valence-corrected chi connectivity index (χ1v) is 7.41. The first-order valence-electron chi connectivity index (χ1n) is 6.60. The van der Waals surface area contributed by atoms with Gasteiger partial charge in [-0.3, -0.25) is 9.59 Å². The van der Waals surface area contributed by atoms with E-state index in [0.717, 1.165) is 31.1 Å². The van der Waals surface area contributed by atoms with Crippen molar-refractivity contribution < 1.29 is 9.59 Å². The summed E-state index contributed by atoms with van der Waals surface area (Å²) in [6.07, 6.45) is 5.51. The van der Waals surface area contributed by atoms with Gasteiger partial charge in [-0.2, -0.15) is 0 Å². The summed E-state index contributed by atoms with van der Waals surface area (Å²) < 4.78 is 0. The van der Waals surface area contributed by atoms with Crippen LogP contribution in [-0.4, -0.2) is 34.5 Å². The molecule has 106 valence electrons. The van der Waals surface area contributed by atoms with Gasteiger partial charge in [0.05, 0.1) is 17.0 Å². The van der Waals surface area contributed by atoms with Crippen molar-refractivity contribution in [2.45, 2.75) is 26.2 Å². The first-order chi connectivity index (χ1) is 9.60. The summed E-state index contributed by atoms with van der Waals surface area (Å²) >= 11 is 0.995. The second-order valence-electron chi connectivity index (χ2n) is 4.64. The number of nitrogens with zero attached hydrogens (tertiary/aromatic N) is 3. The maximum atomic E-state index is 11.6. The summed E-state index contributed by atoms with van der Waals surface area (Å²) in [7, 11) is 1.95. The van der Waals surface area contributed by atoms with Crippen LogP contribution in [0.25, 0.3) is 6.08 Å². The monoisotopic (exact) mass is 291 g/mol. The Morgan fingerprint density at radius 2 is 2.25 bits per heavy atom. The Hall–Kier alpha value is -1.69. The van der Waals surface area contributed by atoms with Gasteiger partial charge >= 0.3 is 0 Å². The predicted octanol–water partition coefficient (Wildman–Crippen LogP) is 2.29. The molecule has 2 heterocycles. The molecular formula is C14H17N3O2S. The molecule has 6 heteroatoms. The Morgan fingerprint density at radius 3 is 2.90 bits per heavy atom. The maximum Gasteiger partial charge on any atom is 0.225 e. The first kappa shape index (κ1) is 14.7. The highest BCUT2D eigenvalue weighted by Gasteiger charge is 2.25. The third-order valence-electron chi connectivity index (χ3n) is 2.94. The lowest BCUT2D eigenvalue weighted by atomic mass is 10.2. The number of aromatic nitrogens is 2. The highest BCUT2D eigenvalue weighted by molar-refractivity contribution is 8.18. The van der Waals surface area contributed by atoms with Crippen molar-refractivity contribution in [2.24, 2.45) is 0 Å². The molecular weight excluding hydrogens is 274 g/mol. The SMILES string of the molecule is CCCCN(C)c1nccc(/C=C2\SC(=O)CC2=O)n1. The molecule has 0 spiro atoms. The molecule has 2 rings (SSSR count). The Balaban J connectivity index is 2.16. The number of unbranched alkanes of at least 4 members (excludes halogenated alkanes) is 1. The van der Waals surface area contributed by atoms with Crippen LogP contribution < -0.4 is 4.90 Å². The van der Waals surface area contributed by atoms with E-state index in [4.69, 9.17) is 0 Å². The minimum atomic E-state index is -0.125. The second kappa shape index (κ2) is 6.65. The van der Waals surface area contributed by atoms with E-state index in [9.17, 15) is 9.59 Å². The molecule has 5 nitrogen and oxygen atoms in total. The fourth-order valence-corrected chi connectivity index (χ4v) is 2.61. The molecule has 1 aliphatic rings. The molecule has 0 bridgehead atoms. The molecule has 0 aliphatic carbocycles. The lowest BCUT2D eigenvalue weighted by Crippen LogP contribution is -2.20. The lowest BCUT2D eigenvalue weighted by Gasteiger charge is -2.16. The zero-order valence-corrected chi connectivity index (χ0v) is 12.4. The van der Waals surface area contributed by atoms with Crippen LogP contribution in [0, 0.1) is 0 Å². The summed E-state index contributed by atoms with van der Waals surface area (Å²) in [5.41, 5.74) is 0.656. The number of hydrogen-bond acceptors (Lipinski definition) is 6. The van der Waals surface area contributed by atoms with Crippen LogP contribution in [0.15, 0.2) is 17.2 Å². The van der Waals surface area contributed by atoms with Gasteiger partial charge in [0.25, 0.3) is 0 Å². The van der Waals surface area contributed by atoms with Gasteiger partial charge in [0.1, 0.15) is 0 Å². The van der Waals surface area contributed by atoms with Crippen LogP contribution in [0.5, 0.6) is 0 Å². The molecule has 0 amide bonds. The summed E-state index contributed by atoms with van der Waals surface area (Å²) in [4.78, 5) is 33.9. The number of thioether (sulfide) groups is 1. The number of carbonyl (C=O) groups excluding carboxylic acids is 2. The zero-order chi connectivity index (χ0) is 14.5. The Bertz CT molecular complexity index is 557. The second-order valence-corrected chi connectivity index (χ2v) is 5.74. The van der Waals surface area contributed by atoms with E-state index >= 15 is 0 Å². The number of Topliss-reactive ketones (excluding diaryl/α,β-unsaturated/α-hetero) is 1. The van der Waals surface area contributed by atoms with Gasteiger partial charge < -0.3 is 4.90 Å². The molecule has 0 saturated carbocycles. The van der Waals surface area contributed by atoms with Crippen molar-refractivity contribution in [1.82, 2.24) is 9.97 Å². The van der Waals surface area contributed by atoms with Gasteiger partial charge in [0, 0.05) is 19.8 Å². The van der Waals surface area contributed by atoms with E-state index in [0.29, 0.717) is 16.5 Å². The van der Waals surface area contributed by atoms with Gasteiger partial charge in [-0.25, -0.2) is 9.97 Å². The van der Waals surface area contributed by atoms with Crippen LogP contribution in [0.1, 0.15) is 31.9 Å². The number of allylic oxidation sites excluding steroid dienone is 1. The van der Waals surface area contributed by atoms with E-state index in [1.165, 1.54) is 0 Å². The van der Waals surface area contributed by atoms with Gasteiger partial charge in [-0.05, 0) is 30.3 Å². The molecule has 1 aromatic heterocycles. The normalized spacial score (nSPS) is 17.0. The largest absolute Gasteiger partial charge is 0.344 e. The van der Waals surface area contributed by atoms with Gasteiger partial charge in [0.2, 0.25) is 11.1 Å². The summed E-state index contributed by atoms with van der Waals surface area (Å²) in [5.74, 6) is 0.508. The van der Waals surface area contributed by atoms with Crippen LogP contribution in [0.3, 0.4) is 0 Å². The van der Waals surface area contributed by atoms with Gasteiger partial charge in [-0.1, -0.05) is 13.3 Å². The molecule has 0 atom stereocenters. The van der Waals surface area contributed by atoms with Crippen molar-refractivity contribution in [3.8, 4) is 0 Å². The van der Waals surface area contributed by atoms with E-state index in [1.807, 2.05) is 11.9 Å². The number of hydrogen-bond donors (Lipinski definition) is 0. The highest BCUT2D eigenvalue weighted by Crippen LogP contribution is 2.30.